The van der Waals surface area contributed by atoms with E-state index in [0.29, 0.717) is 7.35 Å². The van der Waals surface area contributed by atoms with Gasteiger partial charge < -0.3 is 0 Å². The Morgan fingerprint density at radius 2 is 0.909 bits per heavy atom. The van der Waals surface area contributed by atoms with Crippen molar-refractivity contribution in [1.82, 2.24) is 0 Å². The second-order valence-corrected chi connectivity index (χ2v) is 6.92. The summed E-state index contributed by atoms with van der Waals surface area (Å²) in [4.78, 5) is 0. The first-order valence-electron chi connectivity index (χ1n) is 7.35. The van der Waals surface area contributed by atoms with Gasteiger partial charge in [-0.1, -0.05) is 0 Å². The second kappa shape index (κ2) is 7.23. The molecule has 113 valence electrons. The molecule has 1 atom stereocenters. The van der Waals surface area contributed by atoms with Gasteiger partial charge in [0, 0.05) is 0 Å². The van der Waals surface area contributed by atoms with E-state index < -0.39 is 0 Å². The minimum absolute atomic E-state index is 0.152. The first-order chi connectivity index (χ1) is 10.9. The van der Waals surface area contributed by atoms with Crippen LogP contribution in [-0.4, -0.2) is 6.16 Å². The van der Waals surface area contributed by atoms with E-state index in [9.17, 15) is 0 Å². The fraction of sp³-hybridized carbons (Fsp3) is 0.100. The molecule has 2 heteroatoms. The Kier molecular flexibility index (Phi) is 5.09. The van der Waals surface area contributed by atoms with Crippen molar-refractivity contribution in [3.63, 3.8) is 0 Å². The van der Waals surface area contributed by atoms with Crippen molar-refractivity contribution >= 4 is 7.35 Å². The summed E-state index contributed by atoms with van der Waals surface area (Å²) in [5.41, 5.74) is 3.80. The molecule has 0 saturated heterocycles. The van der Waals surface area contributed by atoms with Gasteiger partial charge in [0.05, 0.1) is 0 Å². The molecule has 0 aliphatic carbocycles. The zero-order valence-corrected chi connectivity index (χ0v) is 14.2. The first kappa shape index (κ1) is 15.5. The van der Waals surface area contributed by atoms with Gasteiger partial charge in [-0.3, -0.25) is 0 Å². The fourth-order valence-corrected chi connectivity index (χ4v) is 4.62. The van der Waals surface area contributed by atoms with E-state index in [0.717, 1.165) is 6.16 Å². The van der Waals surface area contributed by atoms with Gasteiger partial charge in [-0.2, -0.15) is 0 Å². The van der Waals surface area contributed by atoms with Crippen molar-refractivity contribution in [2.24, 2.45) is 0 Å². The number of benzene rings is 3. The molecule has 0 bridgehead atoms. The Morgan fingerprint density at radius 1 is 0.591 bits per heavy atom. The number of rotatable bonds is 5. The van der Waals surface area contributed by atoms with Crippen LogP contribution < -0.4 is 0 Å². The van der Waals surface area contributed by atoms with E-state index in [1.807, 2.05) is 0 Å². The Labute approximate surface area is 141 Å². The molecular weight excluding hydrogens is 330 g/mol. The monoisotopic (exact) mass is 347 g/mol. The normalized spacial score (nSPS) is 11.9. The fourth-order valence-electron chi connectivity index (χ4n) is 3.06. The molecule has 0 spiro atoms. The van der Waals surface area contributed by atoms with Crippen LogP contribution in [0.3, 0.4) is 0 Å². The summed E-state index contributed by atoms with van der Waals surface area (Å²) in [6, 6.07) is 32.3. The molecule has 3 rings (SSSR count). The molecule has 0 saturated carbocycles. The van der Waals surface area contributed by atoms with Gasteiger partial charge in [0.2, 0.25) is 0 Å². The summed E-state index contributed by atoms with van der Waals surface area (Å²) < 4.78 is 0. The average molecular weight is 348 g/mol. The van der Waals surface area contributed by atoms with Crippen molar-refractivity contribution in [3.8, 4) is 0 Å². The quantitative estimate of drug-likeness (QED) is 0.339. The molecule has 3 aromatic carbocycles. The van der Waals surface area contributed by atoms with Crippen molar-refractivity contribution in [1.29, 1.82) is 0 Å². The van der Waals surface area contributed by atoms with E-state index in [-0.39, 0.29) is 5.41 Å². The first-order valence-corrected chi connectivity index (χ1v) is 9.85. The van der Waals surface area contributed by atoms with Crippen LogP contribution in [0.2, 0.25) is 0 Å². The van der Waals surface area contributed by atoms with Gasteiger partial charge in [0.15, 0.2) is 0 Å². The topological polar surface area (TPSA) is 0 Å². The molecule has 0 nitrogen and oxygen atoms in total. The van der Waals surface area contributed by atoms with Gasteiger partial charge in [-0.15, -0.1) is 0 Å². The second-order valence-electron chi connectivity index (χ2n) is 5.29. The predicted molar refractivity (Wildman–Crippen MR) is 92.4 cm³/mol. The molecule has 0 aliphatic heterocycles. The van der Waals surface area contributed by atoms with Crippen LogP contribution in [0.4, 0.5) is 0 Å². The Bertz CT molecular complexity index is 599. The molecule has 0 amide bonds. The Morgan fingerprint density at radius 3 is 1.18 bits per heavy atom. The molecule has 22 heavy (non-hydrogen) atoms. The summed E-state index contributed by atoms with van der Waals surface area (Å²) in [7, 11) is 0.511. The van der Waals surface area contributed by atoms with Crippen LogP contribution in [0.15, 0.2) is 91.0 Å². The summed E-state index contributed by atoms with van der Waals surface area (Å²) >= 11 is 5.11. The number of hydrogen-bond donors (Lipinski definition) is 0. The number of hydrogen-bond acceptors (Lipinski definition) is 0. The molecule has 0 fully saturated rings. The van der Waals surface area contributed by atoms with Crippen LogP contribution in [0.25, 0.3) is 0 Å². The molecule has 3 aromatic rings. The molecule has 0 aromatic heterocycles. The van der Waals surface area contributed by atoms with Gasteiger partial charge in [0.1, 0.15) is 0 Å². The van der Waals surface area contributed by atoms with E-state index in [4.69, 9.17) is 15.0 Å². The minimum atomic E-state index is -0.152. The van der Waals surface area contributed by atoms with Gasteiger partial charge in [-0.05, 0) is 0 Å². The van der Waals surface area contributed by atoms with E-state index in [1.54, 1.807) is 0 Å². The molecule has 0 N–H and O–H groups in total. The maximum atomic E-state index is 5.11. The van der Waals surface area contributed by atoms with Crippen LogP contribution in [0.1, 0.15) is 16.7 Å². The summed E-state index contributed by atoms with van der Waals surface area (Å²) in [6.07, 6.45) is 0.963. The third kappa shape index (κ3) is 2.89. The van der Waals surface area contributed by atoms with Crippen molar-refractivity contribution < 1.29 is 15.0 Å². The average Bonchev–Trinajstić information content (AvgIpc) is 2.62. The zero-order valence-electron chi connectivity index (χ0n) is 12.2. The van der Waals surface area contributed by atoms with Gasteiger partial charge >= 0.3 is 142 Å². The molecule has 0 radical (unpaired) electrons. The van der Waals surface area contributed by atoms with Crippen molar-refractivity contribution in [3.05, 3.63) is 108 Å². The maximum absolute atomic E-state index is 5.11. The van der Waals surface area contributed by atoms with Crippen molar-refractivity contribution in [2.75, 3.05) is 6.16 Å². The van der Waals surface area contributed by atoms with Gasteiger partial charge in [-0.25, -0.2) is 0 Å². The van der Waals surface area contributed by atoms with Crippen LogP contribution >= 0.6 is 7.35 Å². The predicted octanol–water partition coefficient (Wildman–Crippen LogP) is 5.16. The van der Waals surface area contributed by atoms with E-state index >= 15 is 0 Å². The zero-order chi connectivity index (χ0) is 15.3. The van der Waals surface area contributed by atoms with Crippen LogP contribution in [-0.2, 0) is 20.4 Å². The summed E-state index contributed by atoms with van der Waals surface area (Å²) in [5, 5.41) is 0. The molecule has 1 unspecified atom stereocenters. The Balaban J connectivity index is 2.29. The summed E-state index contributed by atoms with van der Waals surface area (Å²) in [5.74, 6) is 0. The van der Waals surface area contributed by atoms with Crippen molar-refractivity contribution in [2.45, 2.75) is 5.41 Å². The standard InChI is InChI=1S/C20H18P.Ni/c21-16-20(17-10-4-1-5-11-17,18-12-6-2-7-13-18)19-14-8-3-9-15-19;/h1-15,21H,16H2;/q-1;+1. The van der Waals surface area contributed by atoms with Crippen LogP contribution in [0, 0.1) is 0 Å². The third-order valence-electron chi connectivity index (χ3n) is 4.12. The summed E-state index contributed by atoms with van der Waals surface area (Å²) in [6.45, 7) is 0. The molecule has 0 aliphatic rings. The van der Waals surface area contributed by atoms with E-state index in [2.05, 4.69) is 91.0 Å². The van der Waals surface area contributed by atoms with Gasteiger partial charge in [0.25, 0.3) is 0 Å². The van der Waals surface area contributed by atoms with E-state index in [1.165, 1.54) is 16.7 Å². The Hall–Kier alpha value is -1.42. The SMILES string of the molecule is [Ni][PH]CC(c1ccccc1)(c1ccccc1)c1ccccc1. The molecule has 0 heterocycles. The van der Waals surface area contributed by atoms with Crippen LogP contribution in [0.5, 0.6) is 0 Å². The third-order valence-corrected chi connectivity index (χ3v) is 5.29. The molecular formula is C20H18NiP.